The molecule has 0 aromatic heterocycles. The SMILES string of the molecule is Cc1ccccc1OCCN(C)CCC(C)C. The van der Waals surface area contributed by atoms with Crippen molar-refractivity contribution >= 4 is 0 Å². The van der Waals surface area contributed by atoms with E-state index >= 15 is 0 Å². The van der Waals surface area contributed by atoms with Gasteiger partial charge in [-0.15, -0.1) is 0 Å². The first kappa shape index (κ1) is 14.0. The third-order valence-electron chi connectivity index (χ3n) is 2.91. The number of nitrogens with zero attached hydrogens (tertiary/aromatic N) is 1. The van der Waals surface area contributed by atoms with Crippen molar-refractivity contribution in [2.75, 3.05) is 26.7 Å². The van der Waals surface area contributed by atoms with Crippen LogP contribution in [0, 0.1) is 12.8 Å². The number of ether oxygens (including phenoxy) is 1. The van der Waals surface area contributed by atoms with Crippen molar-refractivity contribution in [1.82, 2.24) is 4.90 Å². The molecular weight excluding hydrogens is 210 g/mol. The predicted molar refractivity (Wildman–Crippen MR) is 73.6 cm³/mol. The second kappa shape index (κ2) is 7.33. The molecule has 1 rings (SSSR count). The van der Waals surface area contributed by atoms with Crippen molar-refractivity contribution in [1.29, 1.82) is 0 Å². The summed E-state index contributed by atoms with van der Waals surface area (Å²) in [6.07, 6.45) is 1.25. The van der Waals surface area contributed by atoms with Crippen LogP contribution in [0.1, 0.15) is 25.8 Å². The van der Waals surface area contributed by atoms with Gasteiger partial charge in [0.25, 0.3) is 0 Å². The topological polar surface area (TPSA) is 12.5 Å². The molecule has 0 heterocycles. The summed E-state index contributed by atoms with van der Waals surface area (Å²) in [5.74, 6) is 1.78. The van der Waals surface area contributed by atoms with Crippen LogP contribution in [-0.4, -0.2) is 31.6 Å². The number of para-hydroxylation sites is 1. The van der Waals surface area contributed by atoms with Crippen LogP contribution in [0.15, 0.2) is 24.3 Å². The van der Waals surface area contributed by atoms with Crippen LogP contribution in [0.3, 0.4) is 0 Å². The summed E-state index contributed by atoms with van der Waals surface area (Å²) < 4.78 is 5.77. The van der Waals surface area contributed by atoms with E-state index in [1.807, 2.05) is 18.2 Å². The Morgan fingerprint density at radius 2 is 1.88 bits per heavy atom. The lowest BCUT2D eigenvalue weighted by atomic mass is 10.1. The van der Waals surface area contributed by atoms with Crippen LogP contribution in [0.25, 0.3) is 0 Å². The third-order valence-corrected chi connectivity index (χ3v) is 2.91. The molecule has 0 spiro atoms. The van der Waals surface area contributed by atoms with E-state index in [0.717, 1.165) is 31.4 Å². The second-order valence-electron chi connectivity index (χ2n) is 5.10. The highest BCUT2D eigenvalue weighted by Crippen LogP contribution is 2.15. The zero-order valence-electron chi connectivity index (χ0n) is 11.6. The van der Waals surface area contributed by atoms with Gasteiger partial charge in [0.2, 0.25) is 0 Å². The van der Waals surface area contributed by atoms with Gasteiger partial charge in [0.15, 0.2) is 0 Å². The van der Waals surface area contributed by atoms with Crippen LogP contribution in [0.4, 0.5) is 0 Å². The molecule has 1 aromatic carbocycles. The molecular formula is C15H25NO. The summed E-state index contributed by atoms with van der Waals surface area (Å²) in [4.78, 5) is 2.33. The van der Waals surface area contributed by atoms with Crippen molar-refractivity contribution in [2.24, 2.45) is 5.92 Å². The minimum absolute atomic E-state index is 0.763. The van der Waals surface area contributed by atoms with Gasteiger partial charge in [0, 0.05) is 6.54 Å². The van der Waals surface area contributed by atoms with Crippen molar-refractivity contribution in [3.63, 3.8) is 0 Å². The Labute approximate surface area is 106 Å². The van der Waals surface area contributed by atoms with E-state index in [0.29, 0.717) is 0 Å². The molecule has 0 fully saturated rings. The fourth-order valence-corrected chi connectivity index (χ4v) is 1.62. The Kier molecular flexibility index (Phi) is 6.06. The smallest absolute Gasteiger partial charge is 0.122 e. The van der Waals surface area contributed by atoms with Crippen LogP contribution in [-0.2, 0) is 0 Å². The maximum Gasteiger partial charge on any atom is 0.122 e. The van der Waals surface area contributed by atoms with Crippen LogP contribution >= 0.6 is 0 Å². The third kappa shape index (κ3) is 5.73. The van der Waals surface area contributed by atoms with E-state index in [1.165, 1.54) is 12.0 Å². The molecule has 1 aromatic rings. The quantitative estimate of drug-likeness (QED) is 0.718. The Bertz CT molecular complexity index is 322. The number of hydrogen-bond donors (Lipinski definition) is 0. The summed E-state index contributed by atoms with van der Waals surface area (Å²) in [6.45, 7) is 9.50. The van der Waals surface area contributed by atoms with Gasteiger partial charge < -0.3 is 9.64 Å². The van der Waals surface area contributed by atoms with Crippen molar-refractivity contribution in [2.45, 2.75) is 27.2 Å². The minimum atomic E-state index is 0.763. The van der Waals surface area contributed by atoms with Crippen LogP contribution < -0.4 is 4.74 Å². The molecule has 0 atom stereocenters. The van der Waals surface area contributed by atoms with Gasteiger partial charge in [-0.1, -0.05) is 32.0 Å². The van der Waals surface area contributed by atoms with Crippen LogP contribution in [0.5, 0.6) is 5.75 Å². The molecule has 0 N–H and O–H groups in total. The van der Waals surface area contributed by atoms with Crippen molar-refractivity contribution < 1.29 is 4.74 Å². The molecule has 17 heavy (non-hydrogen) atoms. The Balaban J connectivity index is 2.21. The molecule has 0 saturated heterocycles. The van der Waals surface area contributed by atoms with Gasteiger partial charge in [-0.3, -0.25) is 0 Å². The highest BCUT2D eigenvalue weighted by molar-refractivity contribution is 5.31. The van der Waals surface area contributed by atoms with E-state index < -0.39 is 0 Å². The predicted octanol–water partition coefficient (Wildman–Crippen LogP) is 3.35. The molecule has 2 nitrogen and oxygen atoms in total. The first-order valence-electron chi connectivity index (χ1n) is 6.46. The summed E-state index contributed by atoms with van der Waals surface area (Å²) in [5.41, 5.74) is 1.21. The monoisotopic (exact) mass is 235 g/mol. The van der Waals surface area contributed by atoms with E-state index in [4.69, 9.17) is 4.74 Å². The van der Waals surface area contributed by atoms with Gasteiger partial charge in [-0.05, 0) is 44.5 Å². The number of rotatable bonds is 7. The zero-order valence-corrected chi connectivity index (χ0v) is 11.6. The first-order chi connectivity index (χ1) is 8.09. The minimum Gasteiger partial charge on any atom is -0.492 e. The van der Waals surface area contributed by atoms with E-state index in [1.54, 1.807) is 0 Å². The van der Waals surface area contributed by atoms with Gasteiger partial charge in [-0.2, -0.15) is 0 Å². The summed E-state index contributed by atoms with van der Waals surface area (Å²) in [5, 5.41) is 0. The average Bonchev–Trinajstić information content (AvgIpc) is 2.29. The molecule has 0 amide bonds. The van der Waals surface area contributed by atoms with Crippen molar-refractivity contribution in [3.05, 3.63) is 29.8 Å². The van der Waals surface area contributed by atoms with Gasteiger partial charge in [0.05, 0.1) is 0 Å². The van der Waals surface area contributed by atoms with Crippen LogP contribution in [0.2, 0.25) is 0 Å². The van der Waals surface area contributed by atoms with Gasteiger partial charge in [-0.25, -0.2) is 0 Å². The summed E-state index contributed by atoms with van der Waals surface area (Å²) in [7, 11) is 2.16. The van der Waals surface area contributed by atoms with E-state index in [2.05, 4.69) is 38.8 Å². The zero-order chi connectivity index (χ0) is 12.7. The number of hydrogen-bond acceptors (Lipinski definition) is 2. The molecule has 0 aliphatic heterocycles. The molecule has 0 aliphatic rings. The maximum absolute atomic E-state index is 5.77. The second-order valence-corrected chi connectivity index (χ2v) is 5.10. The Morgan fingerprint density at radius 3 is 2.53 bits per heavy atom. The Morgan fingerprint density at radius 1 is 1.18 bits per heavy atom. The van der Waals surface area contributed by atoms with Gasteiger partial charge >= 0.3 is 0 Å². The van der Waals surface area contributed by atoms with Gasteiger partial charge in [0.1, 0.15) is 12.4 Å². The summed E-state index contributed by atoms with van der Waals surface area (Å²) >= 11 is 0. The number of aryl methyl sites for hydroxylation is 1. The fourth-order valence-electron chi connectivity index (χ4n) is 1.62. The van der Waals surface area contributed by atoms with Crippen molar-refractivity contribution in [3.8, 4) is 5.75 Å². The highest BCUT2D eigenvalue weighted by Gasteiger charge is 2.02. The highest BCUT2D eigenvalue weighted by atomic mass is 16.5. The average molecular weight is 235 g/mol. The lowest BCUT2D eigenvalue weighted by molar-refractivity contribution is 0.229. The standard InChI is InChI=1S/C15H25NO/c1-13(2)9-10-16(4)11-12-17-15-8-6-5-7-14(15)3/h5-8,13H,9-12H2,1-4H3. The molecule has 96 valence electrons. The van der Waals surface area contributed by atoms with E-state index in [-0.39, 0.29) is 0 Å². The molecule has 0 radical (unpaired) electrons. The first-order valence-corrected chi connectivity index (χ1v) is 6.46. The Hall–Kier alpha value is -1.02. The maximum atomic E-state index is 5.77. The van der Waals surface area contributed by atoms with E-state index in [9.17, 15) is 0 Å². The molecule has 0 aliphatic carbocycles. The molecule has 2 heteroatoms. The number of likely N-dealkylation sites (N-methyl/N-ethyl adjacent to an activating group) is 1. The molecule has 0 saturated carbocycles. The lowest BCUT2D eigenvalue weighted by Gasteiger charge is -2.18. The largest absolute Gasteiger partial charge is 0.492 e. The molecule has 0 unspecified atom stereocenters. The number of benzene rings is 1. The normalized spacial score (nSPS) is 11.2. The summed E-state index contributed by atoms with van der Waals surface area (Å²) in [6, 6.07) is 8.17. The molecule has 0 bridgehead atoms. The fraction of sp³-hybridized carbons (Fsp3) is 0.600. The lowest BCUT2D eigenvalue weighted by Crippen LogP contribution is -2.26.